The molecule has 0 saturated carbocycles. The number of aromatic nitrogens is 3. The lowest BCUT2D eigenvalue weighted by molar-refractivity contribution is -0.143. The predicted octanol–water partition coefficient (Wildman–Crippen LogP) is -0.0306. The van der Waals surface area contributed by atoms with Crippen molar-refractivity contribution in [3.8, 4) is 0 Å². The quantitative estimate of drug-likeness (QED) is 0.135. The number of H-pyrrole nitrogens is 2. The first-order valence-electron chi connectivity index (χ1n) is 13.1. The largest absolute Gasteiger partial charge is 0.480 e. The molecule has 1 aromatic carbocycles. The third-order valence-electron chi connectivity index (χ3n) is 6.94. The molecule has 0 spiro atoms. The van der Waals surface area contributed by atoms with Gasteiger partial charge in [0.15, 0.2) is 0 Å². The smallest absolute Gasteiger partial charge is 0.326 e. The zero-order valence-corrected chi connectivity index (χ0v) is 22.7. The topological polar surface area (TPSA) is 215 Å². The molecule has 0 aliphatic heterocycles. The lowest BCUT2D eigenvalue weighted by atomic mass is 9.97. The minimum atomic E-state index is -1.28. The fraction of sp³-hybridized carbons (Fsp3) is 0.444. The number of aliphatic hydroxyl groups is 1. The van der Waals surface area contributed by atoms with Gasteiger partial charge in [0.05, 0.1) is 12.4 Å². The average Bonchev–Trinajstić information content (AvgIpc) is 3.59. The molecule has 0 saturated heterocycles. The number of benzene rings is 1. The van der Waals surface area contributed by atoms with Crippen LogP contribution in [0.3, 0.4) is 0 Å². The maximum atomic E-state index is 13.5. The van der Waals surface area contributed by atoms with Gasteiger partial charge >= 0.3 is 5.97 Å². The van der Waals surface area contributed by atoms with E-state index in [1.165, 1.54) is 19.4 Å². The van der Waals surface area contributed by atoms with Crippen molar-refractivity contribution in [2.24, 2.45) is 11.7 Å². The van der Waals surface area contributed by atoms with Crippen molar-refractivity contribution < 1.29 is 29.4 Å². The molecular formula is C27H37N7O6. The molecule has 0 aliphatic carbocycles. The molecule has 9 N–H and O–H groups in total. The number of carboxylic acids is 1. The van der Waals surface area contributed by atoms with Crippen molar-refractivity contribution in [1.82, 2.24) is 30.9 Å². The maximum Gasteiger partial charge on any atom is 0.326 e. The highest BCUT2D eigenvalue weighted by atomic mass is 16.4. The van der Waals surface area contributed by atoms with E-state index in [-0.39, 0.29) is 18.8 Å². The Morgan fingerprint density at radius 3 is 2.25 bits per heavy atom. The van der Waals surface area contributed by atoms with E-state index >= 15 is 0 Å². The van der Waals surface area contributed by atoms with Crippen molar-refractivity contribution >= 4 is 34.6 Å². The van der Waals surface area contributed by atoms with Crippen LogP contribution in [0.5, 0.6) is 0 Å². The summed E-state index contributed by atoms with van der Waals surface area (Å²) in [5, 5.41) is 28.1. The maximum absolute atomic E-state index is 13.5. The van der Waals surface area contributed by atoms with E-state index in [0.29, 0.717) is 12.1 Å². The number of aromatic amines is 2. The number of nitrogens with two attached hydrogens (primary N) is 1. The number of rotatable bonds is 14. The molecule has 3 aromatic rings. The molecule has 2 aromatic heterocycles. The van der Waals surface area contributed by atoms with E-state index < -0.39 is 54.0 Å². The fourth-order valence-electron chi connectivity index (χ4n) is 4.25. The number of amides is 3. The third-order valence-corrected chi connectivity index (χ3v) is 6.94. The molecule has 3 amide bonds. The molecule has 0 fully saturated rings. The van der Waals surface area contributed by atoms with Crippen molar-refractivity contribution in [3.05, 3.63) is 54.2 Å². The number of nitrogens with one attached hydrogen (secondary N) is 5. The van der Waals surface area contributed by atoms with Gasteiger partial charge in [0.2, 0.25) is 17.7 Å². The highest BCUT2D eigenvalue weighted by Gasteiger charge is 2.33. The predicted molar refractivity (Wildman–Crippen MR) is 147 cm³/mol. The Morgan fingerprint density at radius 2 is 1.62 bits per heavy atom. The van der Waals surface area contributed by atoms with Crippen LogP contribution in [-0.2, 0) is 32.0 Å². The zero-order chi connectivity index (χ0) is 29.4. The summed E-state index contributed by atoms with van der Waals surface area (Å²) >= 11 is 0. The minimum absolute atomic E-state index is 0.00382. The summed E-state index contributed by atoms with van der Waals surface area (Å²) in [6.07, 6.45) is 4.03. The van der Waals surface area contributed by atoms with Gasteiger partial charge < -0.3 is 41.9 Å². The normalized spacial score (nSPS) is 15.8. The van der Waals surface area contributed by atoms with Gasteiger partial charge in [-0.1, -0.05) is 38.5 Å². The third kappa shape index (κ3) is 7.67. The van der Waals surface area contributed by atoms with Gasteiger partial charge in [-0.05, 0) is 24.5 Å². The van der Waals surface area contributed by atoms with E-state index in [4.69, 9.17) is 5.73 Å². The summed E-state index contributed by atoms with van der Waals surface area (Å²) < 4.78 is 0. The number of imidazole rings is 1. The number of nitrogens with zero attached hydrogens (tertiary/aromatic N) is 1. The fourth-order valence-corrected chi connectivity index (χ4v) is 4.25. The standard InChI is InChI=1S/C27H37N7O6/c1-4-14(2)23(27(39)40)34-25(37)20(9-16-11-30-19-8-6-5-7-18(16)19)32-24(36)21(10-17-12-29-13-31-17)33-26(38)22(28)15(3)35/h5-8,11-15,20-23,30,35H,4,9-10,28H2,1-3H3,(H,29,31)(H,32,36)(H,33,38)(H,34,37)(H,39,40). The summed E-state index contributed by atoms with van der Waals surface area (Å²) in [6.45, 7) is 4.89. The van der Waals surface area contributed by atoms with Gasteiger partial charge in [0, 0.05) is 41.8 Å². The molecule has 40 heavy (non-hydrogen) atoms. The Morgan fingerprint density at radius 1 is 0.975 bits per heavy atom. The lowest BCUT2D eigenvalue weighted by Crippen LogP contribution is -2.59. The summed E-state index contributed by atoms with van der Waals surface area (Å²) in [4.78, 5) is 61.5. The first kappa shape index (κ1) is 30.3. The Labute approximate surface area is 231 Å². The molecule has 3 rings (SSSR count). The van der Waals surface area contributed by atoms with Crippen LogP contribution in [0, 0.1) is 5.92 Å². The number of fused-ring (bicyclic) bond motifs is 1. The molecule has 0 radical (unpaired) electrons. The van der Waals surface area contributed by atoms with Crippen LogP contribution >= 0.6 is 0 Å². The monoisotopic (exact) mass is 555 g/mol. The molecule has 2 heterocycles. The number of carbonyl (C=O) groups is 4. The minimum Gasteiger partial charge on any atom is -0.480 e. The SMILES string of the molecule is CCC(C)C(NC(=O)C(Cc1c[nH]c2ccccc12)NC(=O)C(Cc1cnc[nH]1)NC(=O)C(N)C(C)O)C(=O)O. The molecule has 6 atom stereocenters. The molecule has 13 nitrogen and oxygen atoms in total. The summed E-state index contributed by atoms with van der Waals surface area (Å²) in [5.41, 5.74) is 7.86. The molecule has 0 bridgehead atoms. The van der Waals surface area contributed by atoms with E-state index in [0.717, 1.165) is 16.5 Å². The number of carboxylic acid groups (broad SMARTS) is 1. The summed E-state index contributed by atoms with van der Waals surface area (Å²) in [6, 6.07) is 2.65. The van der Waals surface area contributed by atoms with Crippen LogP contribution in [0.15, 0.2) is 43.0 Å². The van der Waals surface area contributed by atoms with E-state index in [9.17, 15) is 29.4 Å². The number of para-hydroxylation sites is 1. The highest BCUT2D eigenvalue weighted by molar-refractivity contribution is 5.95. The van der Waals surface area contributed by atoms with Crippen molar-refractivity contribution in [2.75, 3.05) is 0 Å². The first-order chi connectivity index (χ1) is 19.0. The Bertz CT molecular complexity index is 1310. The Hall–Kier alpha value is -4.23. The first-order valence-corrected chi connectivity index (χ1v) is 13.1. The number of hydrogen-bond acceptors (Lipinski definition) is 7. The molecular weight excluding hydrogens is 518 g/mol. The summed E-state index contributed by atoms with van der Waals surface area (Å²) in [7, 11) is 0. The number of hydrogen-bond donors (Lipinski definition) is 8. The van der Waals surface area contributed by atoms with E-state index in [1.54, 1.807) is 13.1 Å². The van der Waals surface area contributed by atoms with Crippen molar-refractivity contribution in [1.29, 1.82) is 0 Å². The van der Waals surface area contributed by atoms with Crippen LogP contribution in [0.4, 0.5) is 0 Å². The van der Waals surface area contributed by atoms with Crippen LogP contribution in [0.25, 0.3) is 10.9 Å². The summed E-state index contributed by atoms with van der Waals surface area (Å²) in [5.74, 6) is -3.68. The van der Waals surface area contributed by atoms with Gasteiger partial charge in [0.1, 0.15) is 24.2 Å². The van der Waals surface area contributed by atoms with Crippen LogP contribution in [0.2, 0.25) is 0 Å². The second-order valence-corrected chi connectivity index (χ2v) is 9.94. The van der Waals surface area contributed by atoms with Crippen molar-refractivity contribution in [2.45, 2.75) is 70.3 Å². The second kappa shape index (κ2) is 13.7. The van der Waals surface area contributed by atoms with Crippen molar-refractivity contribution in [3.63, 3.8) is 0 Å². The van der Waals surface area contributed by atoms with Gasteiger partial charge in [0.25, 0.3) is 0 Å². The molecule has 13 heteroatoms. The Kier molecular flexibility index (Phi) is 10.4. The van der Waals surface area contributed by atoms with E-state index in [2.05, 4.69) is 30.9 Å². The Balaban J connectivity index is 1.90. The molecule has 0 aliphatic rings. The number of aliphatic carboxylic acids is 1. The van der Waals surface area contributed by atoms with Crippen LogP contribution in [-0.4, -0.2) is 79.1 Å². The van der Waals surface area contributed by atoms with Gasteiger partial charge in [-0.2, -0.15) is 0 Å². The van der Waals surface area contributed by atoms with E-state index in [1.807, 2.05) is 31.2 Å². The number of aliphatic hydroxyl groups excluding tert-OH is 1. The van der Waals surface area contributed by atoms with Crippen LogP contribution < -0.4 is 21.7 Å². The highest BCUT2D eigenvalue weighted by Crippen LogP contribution is 2.20. The van der Waals surface area contributed by atoms with Gasteiger partial charge in [-0.3, -0.25) is 14.4 Å². The zero-order valence-electron chi connectivity index (χ0n) is 22.7. The second-order valence-electron chi connectivity index (χ2n) is 9.94. The lowest BCUT2D eigenvalue weighted by Gasteiger charge is -2.26. The molecule has 216 valence electrons. The van der Waals surface area contributed by atoms with Gasteiger partial charge in [-0.25, -0.2) is 9.78 Å². The molecule has 6 unspecified atom stereocenters. The van der Waals surface area contributed by atoms with Gasteiger partial charge in [-0.15, -0.1) is 0 Å². The average molecular weight is 556 g/mol. The number of carbonyl (C=O) groups excluding carboxylic acids is 3. The van der Waals surface area contributed by atoms with Crippen LogP contribution in [0.1, 0.15) is 38.4 Å².